The lowest BCUT2D eigenvalue weighted by molar-refractivity contribution is 0.172. The van der Waals surface area contributed by atoms with Crippen molar-refractivity contribution in [1.82, 2.24) is 10.3 Å². The van der Waals surface area contributed by atoms with E-state index in [0.717, 1.165) is 43.1 Å². The Balaban J connectivity index is 1.77. The smallest absolute Gasteiger partial charge is 0.217 e. The second kappa shape index (κ2) is 7.74. The van der Waals surface area contributed by atoms with Crippen molar-refractivity contribution in [2.24, 2.45) is 5.92 Å². The summed E-state index contributed by atoms with van der Waals surface area (Å²) in [6.07, 6.45) is 3.64. The Morgan fingerprint density at radius 1 is 1.07 bits per heavy atom. The molecule has 0 aliphatic carbocycles. The van der Waals surface area contributed by atoms with Crippen LogP contribution in [-0.4, -0.2) is 39.5 Å². The standard InChI is InChI=1S/C21H26N2O4/c1-24-18-10-14-9-17(15-5-4-7-22-21(15)26-3)23-20(13-6-8-27-12-13)16(14)11-19(18)25-2/h4-5,7,10-11,13,17,20,23H,6,8-9,12H2,1-3H3/t13-,17-,20-/m1/s1. The Bertz CT molecular complexity index is 805. The van der Waals surface area contributed by atoms with Crippen molar-refractivity contribution in [3.8, 4) is 17.4 Å². The molecule has 4 rings (SSSR count). The van der Waals surface area contributed by atoms with Gasteiger partial charge in [0.25, 0.3) is 0 Å². The third kappa shape index (κ3) is 3.35. The van der Waals surface area contributed by atoms with Gasteiger partial charge in [-0.2, -0.15) is 0 Å². The fraction of sp³-hybridized carbons (Fsp3) is 0.476. The summed E-state index contributed by atoms with van der Waals surface area (Å²) >= 11 is 0. The molecule has 2 aromatic rings. The van der Waals surface area contributed by atoms with E-state index in [-0.39, 0.29) is 12.1 Å². The van der Waals surface area contributed by atoms with Gasteiger partial charge in [-0.3, -0.25) is 0 Å². The maximum absolute atomic E-state index is 5.68. The van der Waals surface area contributed by atoms with E-state index < -0.39 is 0 Å². The zero-order valence-electron chi connectivity index (χ0n) is 16.0. The molecule has 0 saturated carbocycles. The van der Waals surface area contributed by atoms with E-state index in [1.165, 1.54) is 11.1 Å². The number of fused-ring (bicyclic) bond motifs is 1. The van der Waals surface area contributed by atoms with Crippen LogP contribution in [0.5, 0.6) is 17.4 Å². The largest absolute Gasteiger partial charge is 0.493 e. The van der Waals surface area contributed by atoms with E-state index in [2.05, 4.69) is 28.5 Å². The van der Waals surface area contributed by atoms with Crippen LogP contribution in [0.1, 0.15) is 35.2 Å². The minimum absolute atomic E-state index is 0.116. The van der Waals surface area contributed by atoms with Gasteiger partial charge in [-0.1, -0.05) is 6.07 Å². The number of aromatic nitrogens is 1. The minimum Gasteiger partial charge on any atom is -0.493 e. The molecule has 144 valence electrons. The van der Waals surface area contributed by atoms with Crippen LogP contribution in [0.25, 0.3) is 0 Å². The Morgan fingerprint density at radius 2 is 1.89 bits per heavy atom. The molecule has 27 heavy (non-hydrogen) atoms. The van der Waals surface area contributed by atoms with Gasteiger partial charge in [-0.15, -0.1) is 0 Å². The van der Waals surface area contributed by atoms with E-state index in [9.17, 15) is 0 Å². The number of benzene rings is 1. The fourth-order valence-electron chi connectivity index (χ4n) is 4.23. The summed E-state index contributed by atoms with van der Waals surface area (Å²) in [5, 5.41) is 3.84. The van der Waals surface area contributed by atoms with Gasteiger partial charge in [0.1, 0.15) is 0 Å². The number of rotatable bonds is 5. The molecule has 3 atom stereocenters. The van der Waals surface area contributed by atoms with Gasteiger partial charge in [0.05, 0.1) is 27.9 Å². The quantitative estimate of drug-likeness (QED) is 0.873. The molecule has 0 bridgehead atoms. The van der Waals surface area contributed by atoms with E-state index in [1.807, 2.05) is 6.07 Å². The zero-order valence-corrected chi connectivity index (χ0v) is 16.0. The molecule has 0 radical (unpaired) electrons. The normalized spacial score (nSPS) is 24.3. The molecular formula is C21H26N2O4. The molecule has 2 aliphatic heterocycles. The van der Waals surface area contributed by atoms with Gasteiger partial charge in [-0.25, -0.2) is 4.98 Å². The van der Waals surface area contributed by atoms with Crippen LogP contribution in [-0.2, 0) is 11.2 Å². The first-order valence-electron chi connectivity index (χ1n) is 9.32. The van der Waals surface area contributed by atoms with Crippen LogP contribution in [0, 0.1) is 5.92 Å². The molecule has 1 aromatic carbocycles. The molecule has 1 saturated heterocycles. The molecule has 3 heterocycles. The number of nitrogens with one attached hydrogen (secondary N) is 1. The topological polar surface area (TPSA) is 61.8 Å². The fourth-order valence-corrected chi connectivity index (χ4v) is 4.23. The van der Waals surface area contributed by atoms with Crippen molar-refractivity contribution in [3.05, 3.63) is 47.2 Å². The number of methoxy groups -OCH3 is 3. The van der Waals surface area contributed by atoms with Gasteiger partial charge >= 0.3 is 0 Å². The van der Waals surface area contributed by atoms with Crippen LogP contribution < -0.4 is 19.5 Å². The molecule has 0 spiro atoms. The predicted octanol–water partition coefficient (Wildman–Crippen LogP) is 3.07. The number of nitrogens with zero attached hydrogens (tertiary/aromatic N) is 1. The number of hydrogen-bond donors (Lipinski definition) is 1. The maximum Gasteiger partial charge on any atom is 0.217 e. The molecule has 0 unspecified atom stereocenters. The Kier molecular flexibility index (Phi) is 5.18. The van der Waals surface area contributed by atoms with Gasteiger partial charge in [-0.05, 0) is 42.2 Å². The highest BCUT2D eigenvalue weighted by Gasteiger charge is 2.36. The van der Waals surface area contributed by atoms with E-state index >= 15 is 0 Å². The Morgan fingerprint density at radius 3 is 2.59 bits per heavy atom. The highest BCUT2D eigenvalue weighted by molar-refractivity contribution is 5.51. The predicted molar refractivity (Wildman–Crippen MR) is 102 cm³/mol. The lowest BCUT2D eigenvalue weighted by atomic mass is 9.81. The zero-order chi connectivity index (χ0) is 18.8. The van der Waals surface area contributed by atoms with Crippen LogP contribution in [0.3, 0.4) is 0 Å². The molecule has 1 aromatic heterocycles. The van der Waals surface area contributed by atoms with Crippen molar-refractivity contribution >= 4 is 0 Å². The Hall–Kier alpha value is -2.31. The van der Waals surface area contributed by atoms with Crippen LogP contribution in [0.4, 0.5) is 0 Å². The molecule has 1 N–H and O–H groups in total. The van der Waals surface area contributed by atoms with Crippen molar-refractivity contribution < 1.29 is 18.9 Å². The van der Waals surface area contributed by atoms with Crippen LogP contribution >= 0.6 is 0 Å². The minimum atomic E-state index is 0.116. The molecule has 0 amide bonds. The molecule has 2 aliphatic rings. The van der Waals surface area contributed by atoms with Crippen molar-refractivity contribution in [2.45, 2.75) is 24.9 Å². The molecule has 1 fully saturated rings. The summed E-state index contributed by atoms with van der Waals surface area (Å²) in [5.41, 5.74) is 3.60. The van der Waals surface area contributed by atoms with Crippen molar-refractivity contribution in [2.75, 3.05) is 34.5 Å². The van der Waals surface area contributed by atoms with E-state index in [0.29, 0.717) is 11.8 Å². The monoisotopic (exact) mass is 370 g/mol. The van der Waals surface area contributed by atoms with Gasteiger partial charge in [0.15, 0.2) is 11.5 Å². The van der Waals surface area contributed by atoms with Crippen molar-refractivity contribution in [1.29, 1.82) is 0 Å². The van der Waals surface area contributed by atoms with Gasteiger partial charge in [0, 0.05) is 36.4 Å². The average molecular weight is 370 g/mol. The van der Waals surface area contributed by atoms with E-state index in [4.69, 9.17) is 18.9 Å². The molecule has 6 heteroatoms. The summed E-state index contributed by atoms with van der Waals surface area (Å²) in [6.45, 7) is 1.58. The summed E-state index contributed by atoms with van der Waals surface area (Å²) in [7, 11) is 5.02. The second-order valence-electron chi connectivity index (χ2n) is 7.03. The first kappa shape index (κ1) is 18.1. The first-order valence-corrected chi connectivity index (χ1v) is 9.32. The molecule has 6 nitrogen and oxygen atoms in total. The number of hydrogen-bond acceptors (Lipinski definition) is 6. The Labute approximate surface area is 159 Å². The lowest BCUT2D eigenvalue weighted by Crippen LogP contribution is -2.38. The van der Waals surface area contributed by atoms with Crippen LogP contribution in [0.2, 0.25) is 0 Å². The SMILES string of the molecule is COc1cc2c(cc1OC)[C@@H]([C@@H]1CCOC1)N[C@@H](c1cccnc1OC)C2. The lowest BCUT2D eigenvalue weighted by Gasteiger charge is -2.37. The highest BCUT2D eigenvalue weighted by atomic mass is 16.5. The summed E-state index contributed by atoms with van der Waals surface area (Å²) < 4.78 is 22.3. The summed E-state index contributed by atoms with van der Waals surface area (Å²) in [5.74, 6) is 2.61. The van der Waals surface area contributed by atoms with Gasteiger partial charge < -0.3 is 24.3 Å². The maximum atomic E-state index is 5.68. The average Bonchev–Trinajstić information content (AvgIpc) is 3.26. The molecular weight excluding hydrogens is 344 g/mol. The number of ether oxygens (including phenoxy) is 4. The highest BCUT2D eigenvalue weighted by Crippen LogP contribution is 2.43. The first-order chi connectivity index (χ1) is 13.2. The number of pyridine rings is 1. The summed E-state index contributed by atoms with van der Waals surface area (Å²) in [4.78, 5) is 4.38. The third-order valence-corrected chi connectivity index (χ3v) is 5.59. The second-order valence-corrected chi connectivity index (χ2v) is 7.03. The summed E-state index contributed by atoms with van der Waals surface area (Å²) in [6, 6.07) is 8.55. The van der Waals surface area contributed by atoms with Crippen LogP contribution in [0.15, 0.2) is 30.5 Å². The van der Waals surface area contributed by atoms with Crippen molar-refractivity contribution in [3.63, 3.8) is 0 Å². The van der Waals surface area contributed by atoms with Gasteiger partial charge in [0.2, 0.25) is 5.88 Å². The van der Waals surface area contributed by atoms with E-state index in [1.54, 1.807) is 27.5 Å². The third-order valence-electron chi connectivity index (χ3n) is 5.59.